The first kappa shape index (κ1) is 10.2. The van der Waals surface area contributed by atoms with E-state index in [-0.39, 0.29) is 17.0 Å². The summed E-state index contributed by atoms with van der Waals surface area (Å²) in [6, 6.07) is 1.55. The van der Waals surface area contributed by atoms with Crippen LogP contribution in [-0.2, 0) is 0 Å². The van der Waals surface area contributed by atoms with Gasteiger partial charge in [-0.2, -0.15) is 0 Å². The Labute approximate surface area is 90.0 Å². The molecule has 82 valence electrons. The van der Waals surface area contributed by atoms with Crippen LogP contribution in [0.15, 0.2) is 23.3 Å². The number of hydrogen-bond acceptors (Lipinski definition) is 4. The van der Waals surface area contributed by atoms with Gasteiger partial charge in [-0.05, 0) is 18.6 Å². The molecular formula is C10H9N3O3. The molecule has 2 rings (SSSR count). The third-order valence-corrected chi connectivity index (χ3v) is 2.32. The maximum absolute atomic E-state index is 11.7. The van der Waals surface area contributed by atoms with Gasteiger partial charge in [0.2, 0.25) is 0 Å². The molecule has 0 saturated carbocycles. The molecule has 0 atom stereocenters. The number of hydrogen-bond donors (Lipinski definition) is 2. The summed E-state index contributed by atoms with van der Waals surface area (Å²) in [5.74, 6) is -0.928. The predicted molar refractivity (Wildman–Crippen MR) is 56.4 cm³/mol. The summed E-state index contributed by atoms with van der Waals surface area (Å²) in [4.78, 5) is 26.5. The van der Waals surface area contributed by atoms with Crippen LogP contribution in [-0.4, -0.2) is 20.4 Å². The van der Waals surface area contributed by atoms with E-state index in [0.717, 1.165) is 10.6 Å². The number of rotatable bonds is 1. The summed E-state index contributed by atoms with van der Waals surface area (Å²) < 4.78 is 1.09. The monoisotopic (exact) mass is 219 g/mol. The number of primary amides is 1. The lowest BCUT2D eigenvalue weighted by Crippen LogP contribution is -2.27. The maximum atomic E-state index is 11.7. The second-order valence-electron chi connectivity index (χ2n) is 3.38. The van der Waals surface area contributed by atoms with Gasteiger partial charge in [-0.1, -0.05) is 0 Å². The molecular weight excluding hydrogens is 210 g/mol. The lowest BCUT2D eigenvalue weighted by molar-refractivity contribution is 0.0998. The van der Waals surface area contributed by atoms with Crippen molar-refractivity contribution in [2.24, 2.45) is 5.73 Å². The van der Waals surface area contributed by atoms with Crippen LogP contribution in [0.25, 0.3) is 5.65 Å². The topological polar surface area (TPSA) is 97.7 Å². The number of aromatic nitrogens is 2. The molecule has 0 spiro atoms. The zero-order chi connectivity index (χ0) is 11.9. The standard InChI is InChI=1S/C10H9N3O3/c1-5-2-3-13-9(7(5)14)12-4-6(8(11)15)10(13)16/h2-4,14H,1H3,(H2,11,15). The molecule has 6 nitrogen and oxygen atoms in total. The van der Waals surface area contributed by atoms with Crippen LogP contribution in [0.4, 0.5) is 0 Å². The highest BCUT2D eigenvalue weighted by molar-refractivity contribution is 5.92. The van der Waals surface area contributed by atoms with E-state index >= 15 is 0 Å². The van der Waals surface area contributed by atoms with Gasteiger partial charge >= 0.3 is 0 Å². The molecule has 0 aliphatic rings. The first-order valence-corrected chi connectivity index (χ1v) is 4.52. The average Bonchev–Trinajstić information content (AvgIpc) is 2.23. The van der Waals surface area contributed by atoms with Crippen molar-refractivity contribution in [3.63, 3.8) is 0 Å². The van der Waals surface area contributed by atoms with Crippen molar-refractivity contribution >= 4 is 11.6 Å². The summed E-state index contributed by atoms with van der Waals surface area (Å²) in [7, 11) is 0. The quantitative estimate of drug-likeness (QED) is 0.694. The van der Waals surface area contributed by atoms with Gasteiger partial charge in [-0.25, -0.2) is 4.98 Å². The van der Waals surface area contributed by atoms with E-state index in [9.17, 15) is 14.7 Å². The largest absolute Gasteiger partial charge is 0.504 e. The lowest BCUT2D eigenvalue weighted by atomic mass is 10.2. The number of nitrogens with two attached hydrogens (primary N) is 1. The van der Waals surface area contributed by atoms with Crippen LogP contribution in [0.5, 0.6) is 5.75 Å². The Kier molecular flexibility index (Phi) is 2.12. The van der Waals surface area contributed by atoms with E-state index in [2.05, 4.69) is 4.98 Å². The normalized spacial score (nSPS) is 10.6. The highest BCUT2D eigenvalue weighted by atomic mass is 16.3. The first-order valence-electron chi connectivity index (χ1n) is 4.52. The number of aryl methyl sites for hydroxylation is 1. The van der Waals surface area contributed by atoms with Crippen LogP contribution >= 0.6 is 0 Å². The van der Waals surface area contributed by atoms with E-state index in [1.807, 2.05) is 0 Å². The Bertz CT molecular complexity index is 646. The third-order valence-electron chi connectivity index (χ3n) is 2.32. The van der Waals surface area contributed by atoms with Crippen molar-refractivity contribution in [3.05, 3.63) is 39.9 Å². The molecule has 2 aromatic rings. The molecule has 0 aliphatic heterocycles. The van der Waals surface area contributed by atoms with E-state index in [1.54, 1.807) is 13.0 Å². The number of carbonyl (C=O) groups is 1. The highest BCUT2D eigenvalue weighted by Gasteiger charge is 2.12. The molecule has 2 aromatic heterocycles. The van der Waals surface area contributed by atoms with Gasteiger partial charge in [-0.15, -0.1) is 0 Å². The molecule has 0 aliphatic carbocycles. The van der Waals surface area contributed by atoms with Crippen LogP contribution in [0.2, 0.25) is 0 Å². The fraction of sp³-hybridized carbons (Fsp3) is 0.100. The Hall–Kier alpha value is -2.37. The van der Waals surface area contributed by atoms with Crippen molar-refractivity contribution in [3.8, 4) is 5.75 Å². The third kappa shape index (κ3) is 1.31. The molecule has 0 bridgehead atoms. The molecule has 6 heteroatoms. The molecule has 3 N–H and O–H groups in total. The summed E-state index contributed by atoms with van der Waals surface area (Å²) in [5.41, 5.74) is 4.92. The fourth-order valence-corrected chi connectivity index (χ4v) is 1.39. The average molecular weight is 219 g/mol. The number of aromatic hydroxyl groups is 1. The van der Waals surface area contributed by atoms with Crippen molar-refractivity contribution in [2.75, 3.05) is 0 Å². The number of fused-ring (bicyclic) bond motifs is 1. The van der Waals surface area contributed by atoms with Crippen LogP contribution in [0.1, 0.15) is 15.9 Å². The second kappa shape index (κ2) is 3.34. The molecule has 16 heavy (non-hydrogen) atoms. The van der Waals surface area contributed by atoms with E-state index in [0.29, 0.717) is 5.56 Å². The predicted octanol–water partition coefficient (Wildman–Crippen LogP) is -0.193. The number of carbonyl (C=O) groups excluding carboxylic acids is 1. The van der Waals surface area contributed by atoms with E-state index in [1.165, 1.54) is 6.20 Å². The molecule has 1 amide bonds. The summed E-state index contributed by atoms with van der Waals surface area (Å²) >= 11 is 0. The number of amides is 1. The van der Waals surface area contributed by atoms with Crippen molar-refractivity contribution < 1.29 is 9.90 Å². The Morgan fingerprint density at radius 1 is 1.56 bits per heavy atom. The first-order chi connectivity index (χ1) is 7.52. The minimum atomic E-state index is -0.841. The minimum absolute atomic E-state index is 0.0874. The zero-order valence-corrected chi connectivity index (χ0v) is 8.47. The summed E-state index contributed by atoms with van der Waals surface area (Å²) in [6.45, 7) is 1.68. The Morgan fingerprint density at radius 3 is 2.88 bits per heavy atom. The van der Waals surface area contributed by atoms with Gasteiger partial charge in [-0.3, -0.25) is 14.0 Å². The molecule has 0 radical (unpaired) electrons. The molecule has 0 fully saturated rings. The summed E-state index contributed by atoms with van der Waals surface area (Å²) in [6.07, 6.45) is 2.51. The maximum Gasteiger partial charge on any atom is 0.270 e. The van der Waals surface area contributed by atoms with Gasteiger partial charge < -0.3 is 10.8 Å². The van der Waals surface area contributed by atoms with Crippen LogP contribution in [0.3, 0.4) is 0 Å². The lowest BCUT2D eigenvalue weighted by Gasteiger charge is -2.05. The highest BCUT2D eigenvalue weighted by Crippen LogP contribution is 2.19. The molecule has 2 heterocycles. The van der Waals surface area contributed by atoms with Crippen LogP contribution in [0, 0.1) is 6.92 Å². The van der Waals surface area contributed by atoms with Crippen molar-refractivity contribution in [1.82, 2.24) is 9.38 Å². The van der Waals surface area contributed by atoms with Crippen LogP contribution < -0.4 is 11.3 Å². The minimum Gasteiger partial charge on any atom is -0.504 e. The van der Waals surface area contributed by atoms with E-state index in [4.69, 9.17) is 5.73 Å². The molecule has 0 saturated heterocycles. The SMILES string of the molecule is Cc1ccn2c(=O)c(C(N)=O)cnc2c1O. The number of nitrogens with zero attached hydrogens (tertiary/aromatic N) is 2. The molecule has 0 unspecified atom stereocenters. The fourth-order valence-electron chi connectivity index (χ4n) is 1.39. The Balaban J connectivity index is 2.93. The zero-order valence-electron chi connectivity index (χ0n) is 8.47. The van der Waals surface area contributed by atoms with E-state index < -0.39 is 11.5 Å². The summed E-state index contributed by atoms with van der Waals surface area (Å²) in [5, 5.41) is 9.67. The van der Waals surface area contributed by atoms with Crippen molar-refractivity contribution in [2.45, 2.75) is 6.92 Å². The second-order valence-corrected chi connectivity index (χ2v) is 3.38. The van der Waals surface area contributed by atoms with Gasteiger partial charge in [0.1, 0.15) is 5.56 Å². The van der Waals surface area contributed by atoms with Gasteiger partial charge in [0.25, 0.3) is 11.5 Å². The number of pyridine rings is 1. The smallest absolute Gasteiger partial charge is 0.270 e. The molecule has 0 aromatic carbocycles. The van der Waals surface area contributed by atoms with Crippen molar-refractivity contribution in [1.29, 1.82) is 0 Å². The van der Waals surface area contributed by atoms with Gasteiger partial charge in [0.05, 0.1) is 0 Å². The van der Waals surface area contributed by atoms with Gasteiger partial charge in [0, 0.05) is 12.4 Å². The van der Waals surface area contributed by atoms with Gasteiger partial charge in [0.15, 0.2) is 11.4 Å². The Morgan fingerprint density at radius 2 is 2.25 bits per heavy atom.